The fourth-order valence-corrected chi connectivity index (χ4v) is 4.57. The lowest BCUT2D eigenvalue weighted by Crippen LogP contribution is -2.49. The van der Waals surface area contributed by atoms with Crippen LogP contribution in [0.2, 0.25) is 10.2 Å². The lowest BCUT2D eigenvalue weighted by atomic mass is 10.1. The van der Waals surface area contributed by atoms with Crippen molar-refractivity contribution in [2.24, 2.45) is 0 Å². The van der Waals surface area contributed by atoms with Gasteiger partial charge in [-0.25, -0.2) is 4.98 Å². The molecule has 1 amide bonds. The summed E-state index contributed by atoms with van der Waals surface area (Å²) in [5, 5.41) is 1.03. The van der Waals surface area contributed by atoms with Crippen molar-refractivity contribution in [1.29, 1.82) is 0 Å². The normalized spacial score (nSPS) is 15.1. The van der Waals surface area contributed by atoms with Crippen molar-refractivity contribution in [1.82, 2.24) is 14.8 Å². The molecule has 0 spiro atoms. The van der Waals surface area contributed by atoms with E-state index in [1.54, 1.807) is 19.2 Å². The zero-order chi connectivity index (χ0) is 24.8. The Hall–Kier alpha value is -2.64. The summed E-state index contributed by atoms with van der Waals surface area (Å²) < 4.78 is 11.7. The molecule has 8 heteroatoms. The zero-order valence-electron chi connectivity index (χ0n) is 19.9. The van der Waals surface area contributed by atoms with Crippen molar-refractivity contribution in [3.63, 3.8) is 0 Å². The highest BCUT2D eigenvalue weighted by Gasteiger charge is 2.25. The number of piperazine rings is 1. The SMILES string of the molecule is COc1cccc(COC(CN2CCN(C(=O)c3cc(C)nc(Cl)c3)CC2)c2ccc(Cl)cc2)c1. The molecule has 2 heterocycles. The molecule has 3 aromatic rings. The monoisotopic (exact) mass is 513 g/mol. The number of nitrogens with zero attached hydrogens (tertiary/aromatic N) is 3. The first-order chi connectivity index (χ1) is 16.9. The maximum Gasteiger partial charge on any atom is 0.254 e. The summed E-state index contributed by atoms with van der Waals surface area (Å²) in [5.41, 5.74) is 3.43. The Balaban J connectivity index is 1.39. The second kappa shape index (κ2) is 11.9. The molecule has 1 aliphatic rings. The van der Waals surface area contributed by atoms with E-state index in [1.165, 1.54) is 0 Å². The first-order valence-corrected chi connectivity index (χ1v) is 12.3. The molecule has 1 unspecified atom stereocenters. The van der Waals surface area contributed by atoms with Crippen LogP contribution in [0.4, 0.5) is 0 Å². The third-order valence-electron chi connectivity index (χ3n) is 6.08. The van der Waals surface area contributed by atoms with E-state index in [9.17, 15) is 4.79 Å². The fourth-order valence-electron chi connectivity index (χ4n) is 4.19. The molecule has 0 N–H and O–H groups in total. The molecule has 35 heavy (non-hydrogen) atoms. The second-order valence-electron chi connectivity index (χ2n) is 8.62. The van der Waals surface area contributed by atoms with Crippen LogP contribution in [-0.2, 0) is 11.3 Å². The van der Waals surface area contributed by atoms with Crippen LogP contribution in [-0.4, -0.2) is 60.5 Å². The molecule has 6 nitrogen and oxygen atoms in total. The number of hydrogen-bond acceptors (Lipinski definition) is 5. The molecular formula is C27H29Cl2N3O3. The van der Waals surface area contributed by atoms with Gasteiger partial charge >= 0.3 is 0 Å². The number of aryl methyl sites for hydroxylation is 1. The number of ether oxygens (including phenoxy) is 2. The number of carbonyl (C=O) groups excluding carboxylic acids is 1. The zero-order valence-corrected chi connectivity index (χ0v) is 21.4. The summed E-state index contributed by atoms with van der Waals surface area (Å²) >= 11 is 12.2. The highest BCUT2D eigenvalue weighted by atomic mass is 35.5. The van der Waals surface area contributed by atoms with Gasteiger partial charge in [0.1, 0.15) is 10.9 Å². The van der Waals surface area contributed by atoms with Gasteiger partial charge in [-0.3, -0.25) is 9.69 Å². The average molecular weight is 514 g/mol. The Kier molecular flexibility index (Phi) is 8.63. The van der Waals surface area contributed by atoms with E-state index >= 15 is 0 Å². The molecule has 184 valence electrons. The molecule has 1 atom stereocenters. The molecule has 1 aromatic heterocycles. The van der Waals surface area contributed by atoms with Crippen molar-refractivity contribution < 1.29 is 14.3 Å². The summed E-state index contributed by atoms with van der Waals surface area (Å²) in [7, 11) is 1.66. The van der Waals surface area contributed by atoms with E-state index in [4.69, 9.17) is 32.7 Å². The Morgan fingerprint density at radius 1 is 1.03 bits per heavy atom. The summed E-state index contributed by atoms with van der Waals surface area (Å²) in [5.74, 6) is 0.793. The quantitative estimate of drug-likeness (QED) is 0.376. The van der Waals surface area contributed by atoms with Crippen molar-refractivity contribution in [2.75, 3.05) is 39.8 Å². The minimum Gasteiger partial charge on any atom is -0.497 e. The first kappa shape index (κ1) is 25.5. The van der Waals surface area contributed by atoms with E-state index in [2.05, 4.69) is 9.88 Å². The van der Waals surface area contributed by atoms with Crippen LogP contribution >= 0.6 is 23.2 Å². The van der Waals surface area contributed by atoms with Gasteiger partial charge in [0.15, 0.2) is 0 Å². The summed E-state index contributed by atoms with van der Waals surface area (Å²) in [6, 6.07) is 19.1. The Morgan fingerprint density at radius 2 is 1.77 bits per heavy atom. The highest BCUT2D eigenvalue weighted by Crippen LogP contribution is 2.24. The van der Waals surface area contributed by atoms with E-state index in [0.717, 1.165) is 35.7 Å². The standard InChI is InChI=1S/C27H29Cl2N3O3/c1-19-14-22(16-26(29)30-19)27(33)32-12-10-31(11-13-32)17-25(21-6-8-23(28)9-7-21)35-18-20-4-3-5-24(15-20)34-2/h3-9,14-16,25H,10-13,17-18H2,1-2H3. The maximum atomic E-state index is 13.0. The molecule has 1 saturated heterocycles. The molecule has 4 rings (SSSR count). The minimum atomic E-state index is -0.137. The van der Waals surface area contributed by atoms with Gasteiger partial charge in [0.25, 0.3) is 5.91 Å². The molecule has 2 aromatic carbocycles. The largest absolute Gasteiger partial charge is 0.497 e. The lowest BCUT2D eigenvalue weighted by molar-refractivity contribution is 0.00337. The third-order valence-corrected chi connectivity index (χ3v) is 6.53. The molecule has 0 aliphatic carbocycles. The number of hydrogen-bond donors (Lipinski definition) is 0. The van der Waals surface area contributed by atoms with E-state index in [0.29, 0.717) is 42.0 Å². The van der Waals surface area contributed by atoms with Crippen LogP contribution in [0, 0.1) is 6.92 Å². The van der Waals surface area contributed by atoms with Crippen LogP contribution in [0.3, 0.4) is 0 Å². The van der Waals surface area contributed by atoms with Gasteiger partial charge in [-0.1, -0.05) is 47.5 Å². The average Bonchev–Trinajstić information content (AvgIpc) is 2.86. The number of halogens is 2. The summed E-state index contributed by atoms with van der Waals surface area (Å²) in [6.45, 7) is 5.82. The van der Waals surface area contributed by atoms with E-state index in [1.807, 2.05) is 60.4 Å². The maximum absolute atomic E-state index is 13.0. The number of pyridine rings is 1. The van der Waals surface area contributed by atoms with Crippen LogP contribution in [0.5, 0.6) is 5.75 Å². The predicted octanol–water partition coefficient (Wildman–Crippen LogP) is 5.42. The van der Waals surface area contributed by atoms with Gasteiger partial charge in [-0.2, -0.15) is 0 Å². The van der Waals surface area contributed by atoms with Crippen molar-refractivity contribution in [3.05, 3.63) is 93.2 Å². The van der Waals surface area contributed by atoms with Crippen molar-refractivity contribution >= 4 is 29.1 Å². The Labute approximate surface area is 216 Å². The second-order valence-corrected chi connectivity index (χ2v) is 9.44. The fraction of sp³-hybridized carbons (Fsp3) is 0.333. The Morgan fingerprint density at radius 3 is 2.46 bits per heavy atom. The van der Waals surface area contributed by atoms with Gasteiger partial charge in [0.2, 0.25) is 0 Å². The number of rotatable bonds is 8. The molecule has 1 fully saturated rings. The van der Waals surface area contributed by atoms with Gasteiger partial charge in [-0.05, 0) is 54.4 Å². The van der Waals surface area contributed by atoms with Crippen molar-refractivity contribution in [2.45, 2.75) is 19.6 Å². The summed E-state index contributed by atoms with van der Waals surface area (Å²) in [4.78, 5) is 21.3. The minimum absolute atomic E-state index is 0.0134. The third kappa shape index (κ3) is 6.95. The predicted molar refractivity (Wildman–Crippen MR) is 138 cm³/mol. The topological polar surface area (TPSA) is 54.9 Å². The van der Waals surface area contributed by atoms with Gasteiger partial charge in [0, 0.05) is 49.0 Å². The van der Waals surface area contributed by atoms with Crippen LogP contribution in [0.25, 0.3) is 0 Å². The van der Waals surface area contributed by atoms with Crippen LogP contribution < -0.4 is 4.74 Å². The number of amides is 1. The molecule has 1 aliphatic heterocycles. The van der Waals surface area contributed by atoms with Gasteiger partial charge < -0.3 is 14.4 Å². The van der Waals surface area contributed by atoms with Crippen LogP contribution in [0.1, 0.15) is 33.3 Å². The molecule has 0 saturated carbocycles. The van der Waals surface area contributed by atoms with Gasteiger partial charge in [-0.15, -0.1) is 0 Å². The Bertz CT molecular complexity index is 1130. The van der Waals surface area contributed by atoms with Gasteiger partial charge in [0.05, 0.1) is 19.8 Å². The number of carbonyl (C=O) groups is 1. The van der Waals surface area contributed by atoms with Crippen LogP contribution in [0.15, 0.2) is 60.7 Å². The van der Waals surface area contributed by atoms with Crippen molar-refractivity contribution in [3.8, 4) is 5.75 Å². The highest BCUT2D eigenvalue weighted by molar-refractivity contribution is 6.30. The number of methoxy groups -OCH3 is 1. The smallest absolute Gasteiger partial charge is 0.254 e. The lowest BCUT2D eigenvalue weighted by Gasteiger charge is -2.36. The summed E-state index contributed by atoms with van der Waals surface area (Å²) in [6.07, 6.45) is -0.137. The number of aromatic nitrogens is 1. The molecule has 0 bridgehead atoms. The molecule has 0 radical (unpaired) electrons. The number of benzene rings is 2. The van der Waals surface area contributed by atoms with E-state index < -0.39 is 0 Å². The first-order valence-electron chi connectivity index (χ1n) is 11.6. The van der Waals surface area contributed by atoms with E-state index in [-0.39, 0.29) is 12.0 Å². The molecular weight excluding hydrogens is 485 g/mol.